The maximum absolute atomic E-state index is 13.2. The second-order valence-corrected chi connectivity index (χ2v) is 9.68. The van der Waals surface area contributed by atoms with Crippen LogP contribution in [-0.4, -0.2) is 41.4 Å². The summed E-state index contributed by atoms with van der Waals surface area (Å²) in [5.74, 6) is -0.730. The van der Waals surface area contributed by atoms with Crippen molar-refractivity contribution in [2.75, 3.05) is 7.11 Å². The highest BCUT2D eigenvalue weighted by molar-refractivity contribution is 6.01. The number of fused-ring (bicyclic) bond motifs is 2. The number of rotatable bonds is 2. The maximum atomic E-state index is 13.2. The van der Waals surface area contributed by atoms with Gasteiger partial charge in [-0.05, 0) is 69.5 Å². The Morgan fingerprint density at radius 2 is 1.35 bits per heavy atom. The summed E-state index contributed by atoms with van der Waals surface area (Å²) in [5.41, 5.74) is -2.07. The molecular weight excluding hydrogens is 398 g/mol. The molecule has 2 aromatic carbocycles. The van der Waals surface area contributed by atoms with Gasteiger partial charge in [-0.1, -0.05) is 30.3 Å². The number of carbonyl (C=O) groups excluding carboxylic acids is 3. The van der Waals surface area contributed by atoms with Gasteiger partial charge in [0.15, 0.2) is 5.54 Å². The number of esters is 1. The molecule has 0 bridgehead atoms. The molecule has 7 heteroatoms. The minimum Gasteiger partial charge on any atom is -0.467 e. The SMILES string of the molecule is COC(=O)C1(N(C(=O)OC(C)(C)C)C(=O)OC(C)(C)C)Cc2cc3ccccc3cc21. The lowest BCUT2D eigenvalue weighted by atomic mass is 9.68. The van der Waals surface area contributed by atoms with Crippen LogP contribution in [0.4, 0.5) is 9.59 Å². The Kier molecular flexibility index (Phi) is 5.50. The normalized spacial score (nSPS) is 17.9. The lowest BCUT2D eigenvalue weighted by Gasteiger charge is -2.47. The minimum absolute atomic E-state index is 0.109. The highest BCUT2D eigenvalue weighted by Gasteiger charge is 2.61. The molecule has 7 nitrogen and oxygen atoms in total. The predicted molar refractivity (Wildman–Crippen MR) is 116 cm³/mol. The number of nitrogens with zero attached hydrogens (tertiary/aromatic N) is 1. The molecular formula is C24H29NO6. The number of methoxy groups -OCH3 is 1. The molecule has 0 radical (unpaired) electrons. The van der Waals surface area contributed by atoms with E-state index in [-0.39, 0.29) is 6.42 Å². The van der Waals surface area contributed by atoms with Gasteiger partial charge in [0.1, 0.15) is 11.2 Å². The average molecular weight is 427 g/mol. The van der Waals surface area contributed by atoms with Crippen molar-refractivity contribution in [3.63, 3.8) is 0 Å². The van der Waals surface area contributed by atoms with Crippen molar-refractivity contribution < 1.29 is 28.6 Å². The summed E-state index contributed by atoms with van der Waals surface area (Å²) in [7, 11) is 1.23. The lowest BCUT2D eigenvalue weighted by molar-refractivity contribution is -0.157. The van der Waals surface area contributed by atoms with Gasteiger partial charge >= 0.3 is 18.2 Å². The summed E-state index contributed by atoms with van der Waals surface area (Å²) >= 11 is 0. The number of ether oxygens (including phenoxy) is 3. The highest BCUT2D eigenvalue weighted by Crippen LogP contribution is 2.47. The van der Waals surface area contributed by atoms with Crippen molar-refractivity contribution >= 4 is 28.9 Å². The smallest absolute Gasteiger partial charge is 0.421 e. The van der Waals surface area contributed by atoms with Crippen LogP contribution in [0.25, 0.3) is 10.8 Å². The van der Waals surface area contributed by atoms with Gasteiger partial charge in [0.2, 0.25) is 0 Å². The largest absolute Gasteiger partial charge is 0.467 e. The quantitative estimate of drug-likeness (QED) is 0.499. The number of hydrogen-bond acceptors (Lipinski definition) is 6. The maximum Gasteiger partial charge on any atom is 0.421 e. The Morgan fingerprint density at radius 3 is 1.81 bits per heavy atom. The van der Waals surface area contributed by atoms with Crippen molar-refractivity contribution in [1.29, 1.82) is 0 Å². The fourth-order valence-electron chi connectivity index (χ4n) is 3.73. The summed E-state index contributed by atoms with van der Waals surface area (Å²) in [5, 5.41) is 1.88. The summed E-state index contributed by atoms with van der Waals surface area (Å²) in [6.45, 7) is 10.1. The Balaban J connectivity index is 2.19. The van der Waals surface area contributed by atoms with Crippen LogP contribution in [-0.2, 0) is 31.0 Å². The van der Waals surface area contributed by atoms with Gasteiger partial charge in [-0.25, -0.2) is 14.4 Å². The van der Waals surface area contributed by atoms with Crippen molar-refractivity contribution in [1.82, 2.24) is 4.90 Å². The van der Waals surface area contributed by atoms with Crippen LogP contribution >= 0.6 is 0 Å². The second-order valence-electron chi connectivity index (χ2n) is 9.68. The fraction of sp³-hybridized carbons (Fsp3) is 0.458. The van der Waals surface area contributed by atoms with E-state index in [0.717, 1.165) is 21.2 Å². The summed E-state index contributed by atoms with van der Waals surface area (Å²) in [6.07, 6.45) is -1.82. The molecule has 0 heterocycles. The van der Waals surface area contributed by atoms with E-state index in [9.17, 15) is 14.4 Å². The molecule has 1 aliphatic carbocycles. The summed E-state index contributed by atoms with van der Waals surface area (Å²) in [6, 6.07) is 11.4. The molecule has 3 rings (SSSR count). The topological polar surface area (TPSA) is 82.1 Å². The Morgan fingerprint density at radius 1 is 0.871 bits per heavy atom. The monoisotopic (exact) mass is 427 g/mol. The van der Waals surface area contributed by atoms with E-state index in [4.69, 9.17) is 14.2 Å². The fourth-order valence-corrected chi connectivity index (χ4v) is 3.73. The molecule has 31 heavy (non-hydrogen) atoms. The molecule has 0 saturated heterocycles. The summed E-state index contributed by atoms with van der Waals surface area (Å²) in [4.78, 5) is 40.3. The molecule has 0 N–H and O–H groups in total. The van der Waals surface area contributed by atoms with E-state index in [1.165, 1.54) is 7.11 Å². The summed E-state index contributed by atoms with van der Waals surface area (Å²) < 4.78 is 16.1. The zero-order chi connectivity index (χ0) is 23.2. The second kappa shape index (κ2) is 7.55. The molecule has 0 aliphatic heterocycles. The standard InChI is InChI=1S/C24H29NO6/c1-22(2,3)30-20(27)25(21(28)31-23(4,5)6)24(19(26)29-7)14-17-12-15-10-8-9-11-16(15)13-18(17)24/h8-13H,14H2,1-7H3. The molecule has 1 aliphatic rings. The van der Waals surface area contributed by atoms with E-state index in [1.807, 2.05) is 36.4 Å². The van der Waals surface area contributed by atoms with E-state index >= 15 is 0 Å². The molecule has 1 unspecified atom stereocenters. The number of hydrogen-bond donors (Lipinski definition) is 0. The first-order valence-corrected chi connectivity index (χ1v) is 10.2. The van der Waals surface area contributed by atoms with E-state index < -0.39 is 34.9 Å². The number of imide groups is 1. The van der Waals surface area contributed by atoms with Crippen LogP contribution in [0.15, 0.2) is 36.4 Å². The number of benzene rings is 2. The first-order chi connectivity index (χ1) is 14.3. The molecule has 0 fully saturated rings. The van der Waals surface area contributed by atoms with Crippen LogP contribution in [0, 0.1) is 0 Å². The number of amides is 2. The highest BCUT2D eigenvalue weighted by atomic mass is 16.6. The lowest BCUT2D eigenvalue weighted by Crippen LogP contribution is -2.64. The van der Waals surface area contributed by atoms with Gasteiger partial charge in [-0.3, -0.25) is 0 Å². The molecule has 2 aromatic rings. The third-order valence-corrected chi connectivity index (χ3v) is 4.92. The zero-order valence-corrected chi connectivity index (χ0v) is 19.1. The van der Waals surface area contributed by atoms with Gasteiger partial charge in [-0.2, -0.15) is 4.90 Å². The van der Waals surface area contributed by atoms with Crippen molar-refractivity contribution in [2.24, 2.45) is 0 Å². The minimum atomic E-state index is -1.67. The van der Waals surface area contributed by atoms with Crippen molar-refractivity contribution in [2.45, 2.75) is 64.7 Å². The number of carbonyl (C=O) groups is 3. The van der Waals surface area contributed by atoms with Crippen LogP contribution in [0.1, 0.15) is 52.7 Å². The van der Waals surface area contributed by atoms with Gasteiger partial charge in [0, 0.05) is 6.42 Å². The predicted octanol–water partition coefficient (Wildman–Crippen LogP) is 4.94. The van der Waals surface area contributed by atoms with Gasteiger partial charge < -0.3 is 14.2 Å². The average Bonchev–Trinajstić information content (AvgIpc) is 2.62. The molecule has 2 amide bonds. The Labute approximate surface area is 182 Å². The van der Waals surface area contributed by atoms with Crippen LogP contribution < -0.4 is 0 Å². The molecule has 1 atom stereocenters. The van der Waals surface area contributed by atoms with Gasteiger partial charge in [0.05, 0.1) is 7.11 Å². The third kappa shape index (κ3) is 4.22. The van der Waals surface area contributed by atoms with Gasteiger partial charge in [0.25, 0.3) is 0 Å². The van der Waals surface area contributed by atoms with Crippen LogP contribution in [0.2, 0.25) is 0 Å². The van der Waals surface area contributed by atoms with Crippen LogP contribution in [0.3, 0.4) is 0 Å². The van der Waals surface area contributed by atoms with E-state index in [1.54, 1.807) is 41.5 Å². The van der Waals surface area contributed by atoms with Crippen molar-refractivity contribution in [3.8, 4) is 0 Å². The first-order valence-electron chi connectivity index (χ1n) is 10.2. The Bertz CT molecular complexity index is 1020. The zero-order valence-electron chi connectivity index (χ0n) is 19.1. The molecule has 0 spiro atoms. The molecule has 0 saturated carbocycles. The van der Waals surface area contributed by atoms with E-state index in [0.29, 0.717) is 5.56 Å². The van der Waals surface area contributed by atoms with E-state index in [2.05, 4.69) is 0 Å². The Hall–Kier alpha value is -3.09. The molecule has 0 aromatic heterocycles. The van der Waals surface area contributed by atoms with Gasteiger partial charge in [-0.15, -0.1) is 0 Å². The first kappa shape index (κ1) is 22.6. The van der Waals surface area contributed by atoms with Crippen molar-refractivity contribution in [3.05, 3.63) is 47.5 Å². The van der Waals surface area contributed by atoms with Crippen LogP contribution in [0.5, 0.6) is 0 Å². The molecule has 166 valence electrons. The third-order valence-electron chi connectivity index (χ3n) is 4.92.